The summed E-state index contributed by atoms with van der Waals surface area (Å²) in [7, 11) is 0. The monoisotopic (exact) mass is 174 g/mol. The topological polar surface area (TPSA) is 0 Å². The summed E-state index contributed by atoms with van der Waals surface area (Å²) in [5.74, 6) is 0.706. The Morgan fingerprint density at radius 3 is 2.30 bits per heavy atom. The zero-order valence-electron chi connectivity index (χ0n) is 5.25. The molecule has 0 unspecified atom stereocenters. The molecule has 0 saturated heterocycles. The highest BCUT2D eigenvalue weighted by atomic mass is 32.2. The Hall–Kier alpha value is -0.150. The van der Waals surface area contributed by atoms with E-state index in [1.54, 1.807) is 12.1 Å². The van der Waals surface area contributed by atoms with Crippen molar-refractivity contribution in [3.8, 4) is 0 Å². The fraction of sp³-hybridized carbons (Fsp3) is 0.143. The molecule has 0 atom stereocenters. The first-order chi connectivity index (χ1) is 4.86. The van der Waals surface area contributed by atoms with Crippen molar-refractivity contribution in [2.75, 3.05) is 0 Å². The maximum atomic E-state index is 11.9. The van der Waals surface area contributed by atoms with Crippen LogP contribution in [0.3, 0.4) is 0 Å². The average Bonchev–Trinajstić information content (AvgIpc) is 2.05. The van der Waals surface area contributed by atoms with Crippen molar-refractivity contribution in [3.63, 3.8) is 0 Å². The van der Waals surface area contributed by atoms with Crippen LogP contribution in [0.15, 0.2) is 29.2 Å². The summed E-state index contributed by atoms with van der Waals surface area (Å²) in [6, 6.07) is 7.23. The Morgan fingerprint density at radius 2 is 1.90 bits per heavy atom. The smallest absolute Gasteiger partial charge is 0.0812 e. The SMILES string of the molecule is FSc1ccc(CS)cc1. The van der Waals surface area contributed by atoms with E-state index in [-0.39, 0.29) is 12.1 Å². The average molecular weight is 174 g/mol. The van der Waals surface area contributed by atoms with E-state index >= 15 is 0 Å². The second kappa shape index (κ2) is 3.88. The van der Waals surface area contributed by atoms with Gasteiger partial charge in [-0.05, 0) is 17.7 Å². The van der Waals surface area contributed by atoms with Crippen LogP contribution in [-0.4, -0.2) is 0 Å². The first-order valence-corrected chi connectivity index (χ1v) is 4.20. The molecule has 1 rings (SSSR count). The second-order valence-electron chi connectivity index (χ2n) is 1.88. The standard InChI is InChI=1S/C7H7FS2/c8-10-7-3-1-6(5-9)2-4-7/h1-4,9H,5H2. The summed E-state index contributed by atoms with van der Waals surface area (Å²) in [5.41, 5.74) is 1.11. The van der Waals surface area contributed by atoms with Gasteiger partial charge in [-0.2, -0.15) is 16.5 Å². The minimum atomic E-state index is 0.263. The van der Waals surface area contributed by atoms with Crippen molar-refractivity contribution >= 4 is 24.8 Å². The van der Waals surface area contributed by atoms with Gasteiger partial charge in [0.05, 0.1) is 12.1 Å². The van der Waals surface area contributed by atoms with E-state index in [0.29, 0.717) is 10.6 Å². The van der Waals surface area contributed by atoms with Crippen molar-refractivity contribution in [2.24, 2.45) is 0 Å². The van der Waals surface area contributed by atoms with Gasteiger partial charge in [-0.3, -0.25) is 0 Å². The van der Waals surface area contributed by atoms with Crippen LogP contribution >= 0.6 is 24.8 Å². The molecule has 0 fully saturated rings. The van der Waals surface area contributed by atoms with Gasteiger partial charge in [-0.1, -0.05) is 12.1 Å². The van der Waals surface area contributed by atoms with Crippen molar-refractivity contribution in [1.29, 1.82) is 0 Å². The van der Waals surface area contributed by atoms with Gasteiger partial charge in [0.25, 0.3) is 0 Å². The summed E-state index contributed by atoms with van der Waals surface area (Å²) in [6.07, 6.45) is 0. The quantitative estimate of drug-likeness (QED) is 0.672. The number of thiol groups is 1. The highest BCUT2D eigenvalue weighted by molar-refractivity contribution is 7.94. The highest BCUT2D eigenvalue weighted by Gasteiger charge is 1.91. The van der Waals surface area contributed by atoms with Crippen LogP contribution < -0.4 is 0 Å². The van der Waals surface area contributed by atoms with Gasteiger partial charge in [0.1, 0.15) is 0 Å². The Labute approximate surface area is 69.5 Å². The first kappa shape index (κ1) is 7.95. The number of benzene rings is 1. The van der Waals surface area contributed by atoms with E-state index < -0.39 is 0 Å². The molecule has 0 heterocycles. The van der Waals surface area contributed by atoms with Crippen LogP contribution in [0.4, 0.5) is 3.89 Å². The third-order valence-corrected chi connectivity index (χ3v) is 2.01. The summed E-state index contributed by atoms with van der Waals surface area (Å²) in [5, 5.41) is 0. The van der Waals surface area contributed by atoms with E-state index in [1.165, 1.54) is 0 Å². The van der Waals surface area contributed by atoms with Crippen molar-refractivity contribution in [1.82, 2.24) is 0 Å². The van der Waals surface area contributed by atoms with Crippen LogP contribution in [0.2, 0.25) is 0 Å². The molecule has 1 aromatic carbocycles. The lowest BCUT2D eigenvalue weighted by atomic mass is 10.2. The van der Waals surface area contributed by atoms with E-state index in [9.17, 15) is 3.89 Å². The molecule has 0 aromatic heterocycles. The molecular formula is C7H7FS2. The lowest BCUT2D eigenvalue weighted by Gasteiger charge is -1.94. The molecule has 0 bridgehead atoms. The molecule has 1 aromatic rings. The molecule has 3 heteroatoms. The predicted octanol–water partition coefficient (Wildman–Crippen LogP) is 3.09. The molecule has 10 heavy (non-hydrogen) atoms. The second-order valence-corrected chi connectivity index (χ2v) is 2.82. The minimum absolute atomic E-state index is 0.263. The van der Waals surface area contributed by atoms with Crippen molar-refractivity contribution in [2.45, 2.75) is 10.6 Å². The van der Waals surface area contributed by atoms with Gasteiger partial charge in [0, 0.05) is 10.6 Å². The van der Waals surface area contributed by atoms with E-state index in [1.807, 2.05) is 12.1 Å². The molecule has 0 aliphatic carbocycles. The van der Waals surface area contributed by atoms with Crippen molar-refractivity contribution in [3.05, 3.63) is 29.8 Å². The molecule has 54 valence electrons. The van der Waals surface area contributed by atoms with E-state index in [4.69, 9.17) is 0 Å². The highest BCUT2D eigenvalue weighted by Crippen LogP contribution is 2.18. The maximum Gasteiger partial charge on any atom is 0.0812 e. The van der Waals surface area contributed by atoms with Gasteiger partial charge >= 0.3 is 0 Å². The lowest BCUT2D eigenvalue weighted by Crippen LogP contribution is -1.75. The van der Waals surface area contributed by atoms with Crippen LogP contribution in [0.25, 0.3) is 0 Å². The zero-order chi connectivity index (χ0) is 7.40. The first-order valence-electron chi connectivity index (χ1n) is 2.85. The Morgan fingerprint density at radius 1 is 1.30 bits per heavy atom. The van der Waals surface area contributed by atoms with Crippen LogP contribution in [0.1, 0.15) is 5.56 Å². The Kier molecular flexibility index (Phi) is 3.09. The molecule has 0 N–H and O–H groups in total. The summed E-state index contributed by atoms with van der Waals surface area (Å²) in [4.78, 5) is 0.644. The number of halogens is 1. The third-order valence-electron chi connectivity index (χ3n) is 1.20. The fourth-order valence-electron chi connectivity index (χ4n) is 0.646. The number of hydrogen-bond acceptors (Lipinski definition) is 2. The van der Waals surface area contributed by atoms with Crippen LogP contribution in [0.5, 0.6) is 0 Å². The van der Waals surface area contributed by atoms with Gasteiger partial charge in [0.2, 0.25) is 0 Å². The summed E-state index contributed by atoms with van der Waals surface area (Å²) >= 11 is 4.34. The maximum absolute atomic E-state index is 11.9. The van der Waals surface area contributed by atoms with Gasteiger partial charge in [-0.15, -0.1) is 0 Å². The van der Waals surface area contributed by atoms with Gasteiger partial charge < -0.3 is 0 Å². The molecule has 0 nitrogen and oxygen atoms in total. The van der Waals surface area contributed by atoms with E-state index in [0.717, 1.165) is 5.56 Å². The molecular weight excluding hydrogens is 167 g/mol. The number of rotatable bonds is 2. The summed E-state index contributed by atoms with van der Waals surface area (Å²) < 4.78 is 11.9. The zero-order valence-corrected chi connectivity index (χ0v) is 6.96. The molecule has 0 spiro atoms. The Balaban J connectivity index is 2.80. The van der Waals surface area contributed by atoms with Gasteiger partial charge in [-0.25, -0.2) is 0 Å². The molecule has 0 aliphatic rings. The minimum Gasteiger partial charge on any atom is -0.175 e. The predicted molar refractivity (Wildman–Crippen MR) is 46.1 cm³/mol. The largest absolute Gasteiger partial charge is 0.175 e. The Bertz CT molecular complexity index is 172. The normalized spacial score (nSPS) is 9.80. The fourth-order valence-corrected chi connectivity index (χ4v) is 1.10. The third kappa shape index (κ3) is 1.92. The lowest BCUT2D eigenvalue weighted by molar-refractivity contribution is 0.934. The number of hydrogen-bond donors (Lipinski definition) is 1. The van der Waals surface area contributed by atoms with Crippen LogP contribution in [0, 0.1) is 0 Å². The van der Waals surface area contributed by atoms with Gasteiger partial charge in [0.15, 0.2) is 0 Å². The molecule has 0 amide bonds. The molecule has 0 aliphatic heterocycles. The van der Waals surface area contributed by atoms with Crippen LogP contribution in [-0.2, 0) is 5.75 Å². The molecule has 0 radical (unpaired) electrons. The van der Waals surface area contributed by atoms with Crippen molar-refractivity contribution < 1.29 is 3.89 Å². The summed E-state index contributed by atoms with van der Waals surface area (Å²) in [6.45, 7) is 0. The molecule has 0 saturated carbocycles. The van der Waals surface area contributed by atoms with E-state index in [2.05, 4.69) is 12.6 Å².